The molecule has 2 aromatic carbocycles. The number of alkyl halides is 3. The van der Waals surface area contributed by atoms with Gasteiger partial charge in [0.25, 0.3) is 5.91 Å². The second-order valence-electron chi connectivity index (χ2n) is 5.81. The minimum atomic E-state index is -4.45. The van der Waals surface area contributed by atoms with E-state index in [9.17, 15) is 23.1 Å². The normalized spacial score (nSPS) is 11.3. The Kier molecular flexibility index (Phi) is 5.55. The van der Waals surface area contributed by atoms with E-state index in [0.29, 0.717) is 16.1 Å². The molecule has 0 unspecified atom stereocenters. The zero-order valence-corrected chi connectivity index (χ0v) is 15.4. The maximum atomic E-state index is 12.9. The molecule has 3 aromatic rings. The molecule has 0 aliphatic heterocycles. The van der Waals surface area contributed by atoms with Gasteiger partial charge in [-0.05, 0) is 29.8 Å². The van der Waals surface area contributed by atoms with E-state index in [1.54, 1.807) is 12.1 Å². The molecular formula is C19H15F3N2O3S. The third kappa shape index (κ3) is 4.42. The number of phenols is 1. The van der Waals surface area contributed by atoms with Gasteiger partial charge in [0.1, 0.15) is 10.7 Å². The molecule has 28 heavy (non-hydrogen) atoms. The summed E-state index contributed by atoms with van der Waals surface area (Å²) in [6, 6.07) is 9.47. The molecule has 0 aliphatic rings. The Morgan fingerprint density at radius 1 is 1.25 bits per heavy atom. The first-order chi connectivity index (χ1) is 13.3. The number of hydrogen-bond acceptors (Lipinski definition) is 5. The van der Waals surface area contributed by atoms with Crippen molar-refractivity contribution in [1.82, 2.24) is 10.3 Å². The van der Waals surface area contributed by atoms with Crippen molar-refractivity contribution in [2.45, 2.75) is 12.7 Å². The summed E-state index contributed by atoms with van der Waals surface area (Å²) in [5.41, 5.74) is 0.342. The third-order valence-corrected chi connectivity index (χ3v) is 4.76. The summed E-state index contributed by atoms with van der Waals surface area (Å²) in [4.78, 5) is 16.4. The van der Waals surface area contributed by atoms with Gasteiger partial charge in [-0.25, -0.2) is 4.98 Å². The number of hydrogen-bond donors (Lipinski definition) is 2. The maximum Gasteiger partial charge on any atom is 0.416 e. The maximum absolute atomic E-state index is 12.9. The van der Waals surface area contributed by atoms with Gasteiger partial charge in [0.05, 0.1) is 12.7 Å². The van der Waals surface area contributed by atoms with Gasteiger partial charge >= 0.3 is 6.18 Å². The van der Waals surface area contributed by atoms with Crippen LogP contribution in [0.5, 0.6) is 11.5 Å². The molecule has 5 nitrogen and oxygen atoms in total. The smallest absolute Gasteiger partial charge is 0.416 e. The van der Waals surface area contributed by atoms with Crippen molar-refractivity contribution in [2.75, 3.05) is 7.11 Å². The molecule has 0 fully saturated rings. The van der Waals surface area contributed by atoms with Crippen LogP contribution in [0.2, 0.25) is 0 Å². The molecule has 0 bridgehead atoms. The van der Waals surface area contributed by atoms with Crippen molar-refractivity contribution in [2.24, 2.45) is 0 Å². The Morgan fingerprint density at radius 2 is 2.04 bits per heavy atom. The largest absolute Gasteiger partial charge is 0.504 e. The highest BCUT2D eigenvalue weighted by Gasteiger charge is 2.30. The van der Waals surface area contributed by atoms with Crippen LogP contribution in [0.3, 0.4) is 0 Å². The highest BCUT2D eigenvalue weighted by Crippen LogP contribution is 2.33. The first-order valence-electron chi connectivity index (χ1n) is 8.05. The lowest BCUT2D eigenvalue weighted by molar-refractivity contribution is -0.137. The molecule has 146 valence electrons. The predicted octanol–water partition coefficient (Wildman–Crippen LogP) is 4.47. The standard InChI is InChI=1S/C19H15F3N2O3S/c1-27-16-7-11(5-6-15(16)25)9-23-17(26)14-10-28-18(24-14)12-3-2-4-13(8-12)19(20,21)22/h2-8,10,25H,9H2,1H3,(H,23,26). The molecule has 3 rings (SSSR count). The number of aromatic hydroxyl groups is 1. The fourth-order valence-electron chi connectivity index (χ4n) is 2.44. The average molecular weight is 408 g/mol. The van der Waals surface area contributed by atoms with E-state index in [1.807, 2.05) is 0 Å². The van der Waals surface area contributed by atoms with Crippen molar-refractivity contribution in [1.29, 1.82) is 0 Å². The molecule has 1 heterocycles. The number of nitrogens with zero attached hydrogens (tertiary/aromatic N) is 1. The van der Waals surface area contributed by atoms with Gasteiger partial charge in [0.15, 0.2) is 11.5 Å². The molecule has 9 heteroatoms. The van der Waals surface area contributed by atoms with Crippen LogP contribution in [0.25, 0.3) is 10.6 Å². The van der Waals surface area contributed by atoms with Crippen LogP contribution < -0.4 is 10.1 Å². The number of benzene rings is 2. The first kappa shape index (κ1) is 19.7. The summed E-state index contributed by atoms with van der Waals surface area (Å²) >= 11 is 1.09. The molecule has 0 saturated carbocycles. The Labute approximate surface area is 162 Å². The van der Waals surface area contributed by atoms with E-state index >= 15 is 0 Å². The summed E-state index contributed by atoms with van der Waals surface area (Å²) in [6.45, 7) is 0.173. The van der Waals surface area contributed by atoms with Crippen LogP contribution in [-0.2, 0) is 12.7 Å². The number of nitrogens with one attached hydrogen (secondary N) is 1. The molecule has 0 aliphatic carbocycles. The van der Waals surface area contributed by atoms with Gasteiger partial charge in [-0.1, -0.05) is 18.2 Å². The van der Waals surface area contributed by atoms with Gasteiger partial charge in [0, 0.05) is 17.5 Å². The van der Waals surface area contributed by atoms with E-state index in [2.05, 4.69) is 10.3 Å². The number of halogens is 3. The molecule has 1 aromatic heterocycles. The second-order valence-corrected chi connectivity index (χ2v) is 6.66. The summed E-state index contributed by atoms with van der Waals surface area (Å²) in [5.74, 6) is -0.184. The number of carbonyl (C=O) groups excluding carboxylic acids is 1. The zero-order chi connectivity index (χ0) is 20.3. The summed E-state index contributed by atoms with van der Waals surface area (Å²) in [7, 11) is 1.42. The topological polar surface area (TPSA) is 71.5 Å². The summed E-state index contributed by atoms with van der Waals surface area (Å²) in [5, 5.41) is 14.1. The van der Waals surface area contributed by atoms with Crippen LogP contribution >= 0.6 is 11.3 Å². The highest BCUT2D eigenvalue weighted by molar-refractivity contribution is 7.13. The Morgan fingerprint density at radius 3 is 2.75 bits per heavy atom. The van der Waals surface area contributed by atoms with Crippen LogP contribution in [-0.4, -0.2) is 23.1 Å². The van der Waals surface area contributed by atoms with Gasteiger partial charge in [-0.3, -0.25) is 4.79 Å². The fraction of sp³-hybridized carbons (Fsp3) is 0.158. The van der Waals surface area contributed by atoms with Crippen LogP contribution in [0.15, 0.2) is 47.8 Å². The molecule has 0 radical (unpaired) electrons. The number of carbonyl (C=O) groups is 1. The minimum absolute atomic E-state index is 0.0113. The van der Waals surface area contributed by atoms with Crippen molar-refractivity contribution in [3.8, 4) is 22.1 Å². The lowest BCUT2D eigenvalue weighted by Crippen LogP contribution is -2.23. The number of amides is 1. The quantitative estimate of drug-likeness (QED) is 0.653. The molecule has 0 spiro atoms. The van der Waals surface area contributed by atoms with Crippen molar-refractivity contribution >= 4 is 17.2 Å². The number of phenolic OH excluding ortho intramolecular Hbond substituents is 1. The molecule has 0 saturated heterocycles. The van der Waals surface area contributed by atoms with E-state index in [1.165, 1.54) is 30.7 Å². The number of aromatic nitrogens is 1. The monoisotopic (exact) mass is 408 g/mol. The number of ether oxygens (including phenoxy) is 1. The lowest BCUT2D eigenvalue weighted by atomic mass is 10.1. The number of rotatable bonds is 5. The minimum Gasteiger partial charge on any atom is -0.504 e. The predicted molar refractivity (Wildman–Crippen MR) is 98.4 cm³/mol. The van der Waals surface area contributed by atoms with Gasteiger partial charge in [-0.15, -0.1) is 11.3 Å². The molecule has 2 N–H and O–H groups in total. The fourth-order valence-corrected chi connectivity index (χ4v) is 3.24. The summed E-state index contributed by atoms with van der Waals surface area (Å²) < 4.78 is 43.6. The van der Waals surface area contributed by atoms with Crippen molar-refractivity contribution in [3.05, 3.63) is 64.7 Å². The summed E-state index contributed by atoms with van der Waals surface area (Å²) in [6.07, 6.45) is -4.45. The molecule has 1 amide bonds. The second kappa shape index (κ2) is 7.89. The van der Waals surface area contributed by atoms with E-state index in [-0.39, 0.29) is 23.7 Å². The van der Waals surface area contributed by atoms with E-state index in [0.717, 1.165) is 23.5 Å². The van der Waals surface area contributed by atoms with Crippen molar-refractivity contribution in [3.63, 3.8) is 0 Å². The SMILES string of the molecule is COc1cc(CNC(=O)c2csc(-c3cccc(C(F)(F)F)c3)n2)ccc1O. The average Bonchev–Trinajstić information content (AvgIpc) is 3.17. The van der Waals surface area contributed by atoms with Crippen LogP contribution in [0.1, 0.15) is 21.6 Å². The number of methoxy groups -OCH3 is 1. The number of thiazole rings is 1. The Hall–Kier alpha value is -3.07. The molecular weight excluding hydrogens is 393 g/mol. The van der Waals surface area contributed by atoms with E-state index < -0.39 is 17.6 Å². The van der Waals surface area contributed by atoms with Crippen molar-refractivity contribution < 1.29 is 27.8 Å². The first-order valence-corrected chi connectivity index (χ1v) is 8.93. The van der Waals surface area contributed by atoms with Crippen LogP contribution in [0.4, 0.5) is 13.2 Å². The van der Waals surface area contributed by atoms with Gasteiger partial charge < -0.3 is 15.2 Å². The van der Waals surface area contributed by atoms with Crippen LogP contribution in [0, 0.1) is 0 Å². The Bertz CT molecular complexity index is 1000. The third-order valence-electron chi connectivity index (χ3n) is 3.87. The highest BCUT2D eigenvalue weighted by atomic mass is 32.1. The van der Waals surface area contributed by atoms with Gasteiger partial charge in [0.2, 0.25) is 0 Å². The van der Waals surface area contributed by atoms with Gasteiger partial charge in [-0.2, -0.15) is 13.2 Å². The van der Waals surface area contributed by atoms with E-state index in [4.69, 9.17) is 4.74 Å². The molecule has 0 atom stereocenters. The lowest BCUT2D eigenvalue weighted by Gasteiger charge is -2.08. The zero-order valence-electron chi connectivity index (χ0n) is 14.6. The Balaban J connectivity index is 1.71.